The standard InChI is InChI=1S/C17H12Br2N4O4/c1-9-4-2-3-5-13(9)27-12-7-10(6-11(8-12)23(25)26)20-17(24)15-14(18)16(19)22-21-15/h2-8H,1H3,(H,20,24)(H,21,22). The average molecular weight is 496 g/mol. The Balaban J connectivity index is 1.92. The van der Waals surface area contributed by atoms with Crippen LogP contribution >= 0.6 is 31.9 Å². The van der Waals surface area contributed by atoms with Gasteiger partial charge >= 0.3 is 0 Å². The van der Waals surface area contributed by atoms with Crippen LogP contribution in [0.2, 0.25) is 0 Å². The Kier molecular flexibility index (Phi) is 5.57. The van der Waals surface area contributed by atoms with E-state index in [0.29, 0.717) is 14.8 Å². The quantitative estimate of drug-likeness (QED) is 0.373. The minimum Gasteiger partial charge on any atom is -0.457 e. The van der Waals surface area contributed by atoms with Gasteiger partial charge in [-0.1, -0.05) is 18.2 Å². The Hall–Kier alpha value is -2.72. The first-order valence-corrected chi connectivity index (χ1v) is 9.17. The number of aromatic amines is 1. The summed E-state index contributed by atoms with van der Waals surface area (Å²) in [7, 11) is 0. The number of nitro groups is 1. The van der Waals surface area contributed by atoms with E-state index in [1.165, 1.54) is 18.2 Å². The number of aryl methyl sites for hydroxylation is 1. The first-order valence-electron chi connectivity index (χ1n) is 7.59. The summed E-state index contributed by atoms with van der Waals surface area (Å²) in [5.41, 5.74) is 0.983. The Morgan fingerprint density at radius 3 is 2.63 bits per heavy atom. The number of para-hydroxylation sites is 1. The number of halogens is 2. The van der Waals surface area contributed by atoms with Crippen LogP contribution < -0.4 is 10.1 Å². The molecule has 0 atom stereocenters. The number of carbonyl (C=O) groups excluding carboxylic acids is 1. The second-order valence-electron chi connectivity index (χ2n) is 5.49. The molecule has 0 bridgehead atoms. The van der Waals surface area contributed by atoms with Crippen molar-refractivity contribution < 1.29 is 14.5 Å². The van der Waals surface area contributed by atoms with Gasteiger partial charge in [0.25, 0.3) is 11.6 Å². The number of carbonyl (C=O) groups is 1. The molecular weight excluding hydrogens is 484 g/mol. The van der Waals surface area contributed by atoms with Crippen LogP contribution in [0.15, 0.2) is 51.5 Å². The van der Waals surface area contributed by atoms with E-state index in [-0.39, 0.29) is 22.8 Å². The monoisotopic (exact) mass is 494 g/mol. The van der Waals surface area contributed by atoms with Gasteiger partial charge in [0, 0.05) is 12.1 Å². The Labute approximate surface area is 170 Å². The van der Waals surface area contributed by atoms with Gasteiger partial charge in [-0.15, -0.1) is 0 Å². The van der Waals surface area contributed by atoms with Crippen molar-refractivity contribution in [2.45, 2.75) is 6.92 Å². The molecule has 0 saturated heterocycles. The normalized spacial score (nSPS) is 10.5. The zero-order valence-corrected chi connectivity index (χ0v) is 17.0. The van der Waals surface area contributed by atoms with Gasteiger partial charge in [0.15, 0.2) is 5.69 Å². The SMILES string of the molecule is Cc1ccccc1Oc1cc(NC(=O)c2n[nH]c(Br)c2Br)cc([N+](=O)[O-])c1. The molecule has 1 heterocycles. The molecule has 27 heavy (non-hydrogen) atoms. The van der Waals surface area contributed by atoms with Crippen LogP contribution in [0.5, 0.6) is 11.5 Å². The van der Waals surface area contributed by atoms with E-state index in [0.717, 1.165) is 5.56 Å². The number of ether oxygens (including phenoxy) is 1. The van der Waals surface area contributed by atoms with E-state index in [2.05, 4.69) is 47.4 Å². The summed E-state index contributed by atoms with van der Waals surface area (Å²) in [5.74, 6) is 0.261. The van der Waals surface area contributed by atoms with Crippen LogP contribution in [0, 0.1) is 17.0 Å². The molecular formula is C17H12Br2N4O4. The largest absolute Gasteiger partial charge is 0.457 e. The maximum atomic E-state index is 12.4. The number of nitrogens with one attached hydrogen (secondary N) is 2. The number of nitrogens with zero attached hydrogens (tertiary/aromatic N) is 2. The van der Waals surface area contributed by atoms with E-state index in [1.54, 1.807) is 12.1 Å². The minimum atomic E-state index is -0.554. The van der Waals surface area contributed by atoms with Crippen molar-refractivity contribution in [3.63, 3.8) is 0 Å². The number of hydrogen-bond acceptors (Lipinski definition) is 5. The molecule has 0 aliphatic rings. The Morgan fingerprint density at radius 2 is 2.00 bits per heavy atom. The van der Waals surface area contributed by atoms with E-state index >= 15 is 0 Å². The molecule has 0 saturated carbocycles. The number of amides is 1. The van der Waals surface area contributed by atoms with Gasteiger partial charge in [-0.25, -0.2) is 0 Å². The molecule has 2 N–H and O–H groups in total. The third-order valence-electron chi connectivity index (χ3n) is 3.56. The molecule has 0 radical (unpaired) electrons. The van der Waals surface area contributed by atoms with Crippen LogP contribution in [0.1, 0.15) is 16.1 Å². The summed E-state index contributed by atoms with van der Waals surface area (Å²) in [6.07, 6.45) is 0. The number of hydrogen-bond donors (Lipinski definition) is 2. The van der Waals surface area contributed by atoms with Gasteiger partial charge in [0.05, 0.1) is 21.1 Å². The van der Waals surface area contributed by atoms with Crippen molar-refractivity contribution in [3.8, 4) is 11.5 Å². The molecule has 0 unspecified atom stereocenters. The smallest absolute Gasteiger partial charge is 0.277 e. The number of aromatic nitrogens is 2. The van der Waals surface area contributed by atoms with Crippen molar-refractivity contribution in [1.82, 2.24) is 10.2 Å². The Morgan fingerprint density at radius 1 is 1.26 bits per heavy atom. The van der Waals surface area contributed by atoms with Crippen LogP contribution in [0.3, 0.4) is 0 Å². The summed E-state index contributed by atoms with van der Waals surface area (Å²) < 4.78 is 6.72. The lowest BCUT2D eigenvalue weighted by Gasteiger charge is -2.10. The van der Waals surface area contributed by atoms with Gasteiger partial charge < -0.3 is 10.1 Å². The molecule has 0 spiro atoms. The number of benzene rings is 2. The van der Waals surface area contributed by atoms with E-state index in [1.807, 2.05) is 19.1 Å². The third kappa shape index (κ3) is 4.34. The number of nitro benzene ring substituents is 1. The van der Waals surface area contributed by atoms with Crippen LogP contribution in [0.25, 0.3) is 0 Å². The summed E-state index contributed by atoms with van der Waals surface area (Å²) in [5, 5.41) is 20.3. The average Bonchev–Trinajstić information content (AvgIpc) is 2.96. The first-order chi connectivity index (χ1) is 12.8. The summed E-state index contributed by atoms with van der Waals surface area (Å²) in [6.45, 7) is 1.86. The lowest BCUT2D eigenvalue weighted by Crippen LogP contribution is -2.13. The highest BCUT2D eigenvalue weighted by atomic mass is 79.9. The van der Waals surface area contributed by atoms with Crippen molar-refractivity contribution in [1.29, 1.82) is 0 Å². The molecule has 1 aromatic heterocycles. The molecule has 0 aliphatic heterocycles. The van der Waals surface area contributed by atoms with Crippen LogP contribution in [0.4, 0.5) is 11.4 Å². The van der Waals surface area contributed by atoms with Gasteiger partial charge in [-0.3, -0.25) is 20.0 Å². The zero-order chi connectivity index (χ0) is 19.6. The predicted molar refractivity (Wildman–Crippen MR) is 106 cm³/mol. The summed E-state index contributed by atoms with van der Waals surface area (Å²) >= 11 is 6.44. The second-order valence-corrected chi connectivity index (χ2v) is 7.08. The molecule has 8 nitrogen and oxygen atoms in total. The van der Waals surface area contributed by atoms with Gasteiger partial charge in [-0.05, 0) is 50.4 Å². The van der Waals surface area contributed by atoms with Gasteiger partial charge in [0.1, 0.15) is 16.1 Å². The lowest BCUT2D eigenvalue weighted by molar-refractivity contribution is -0.384. The highest BCUT2D eigenvalue weighted by molar-refractivity contribution is 9.13. The van der Waals surface area contributed by atoms with Crippen molar-refractivity contribution in [3.05, 3.63) is 72.9 Å². The highest BCUT2D eigenvalue weighted by Gasteiger charge is 2.19. The molecule has 0 aliphatic carbocycles. The van der Waals surface area contributed by atoms with Crippen LogP contribution in [-0.2, 0) is 0 Å². The first kappa shape index (κ1) is 19.1. The number of anilines is 1. The van der Waals surface area contributed by atoms with Crippen molar-refractivity contribution in [2.24, 2.45) is 0 Å². The molecule has 1 amide bonds. The maximum Gasteiger partial charge on any atom is 0.277 e. The summed E-state index contributed by atoms with van der Waals surface area (Å²) in [4.78, 5) is 23.1. The molecule has 2 aromatic carbocycles. The van der Waals surface area contributed by atoms with Gasteiger partial charge in [-0.2, -0.15) is 5.10 Å². The van der Waals surface area contributed by atoms with Crippen molar-refractivity contribution in [2.75, 3.05) is 5.32 Å². The van der Waals surface area contributed by atoms with Crippen LogP contribution in [-0.4, -0.2) is 21.0 Å². The molecule has 3 aromatic rings. The second kappa shape index (κ2) is 7.89. The highest BCUT2D eigenvalue weighted by Crippen LogP contribution is 2.32. The minimum absolute atomic E-state index is 0.106. The molecule has 10 heteroatoms. The fourth-order valence-corrected chi connectivity index (χ4v) is 2.90. The molecule has 3 rings (SSSR count). The van der Waals surface area contributed by atoms with E-state index < -0.39 is 10.8 Å². The van der Waals surface area contributed by atoms with Gasteiger partial charge in [0.2, 0.25) is 0 Å². The lowest BCUT2D eigenvalue weighted by atomic mass is 10.2. The van der Waals surface area contributed by atoms with E-state index in [9.17, 15) is 14.9 Å². The Bertz CT molecular complexity index is 1040. The maximum absolute atomic E-state index is 12.4. The van der Waals surface area contributed by atoms with Crippen molar-refractivity contribution >= 4 is 49.1 Å². The number of non-ortho nitro benzene ring substituents is 1. The fraction of sp³-hybridized carbons (Fsp3) is 0.0588. The summed E-state index contributed by atoms with van der Waals surface area (Å²) in [6, 6.07) is 11.3. The number of rotatable bonds is 5. The number of H-pyrrole nitrogens is 1. The predicted octanol–water partition coefficient (Wildman–Crippen LogP) is 5.20. The molecule has 0 fully saturated rings. The van der Waals surface area contributed by atoms with E-state index in [4.69, 9.17) is 4.74 Å². The fourth-order valence-electron chi connectivity index (χ4n) is 2.27. The third-order valence-corrected chi connectivity index (χ3v) is 5.44. The topological polar surface area (TPSA) is 110 Å². The molecule has 138 valence electrons. The zero-order valence-electron chi connectivity index (χ0n) is 13.8.